The minimum absolute atomic E-state index is 0.314. The topological polar surface area (TPSA) is 125 Å². The first-order valence-corrected chi connectivity index (χ1v) is 10.5. The minimum Gasteiger partial charge on any atom is -0.467 e. The summed E-state index contributed by atoms with van der Waals surface area (Å²) in [5, 5.41) is 11.2. The summed E-state index contributed by atoms with van der Waals surface area (Å²) in [5.74, 6) is -0.687. The summed E-state index contributed by atoms with van der Waals surface area (Å²) in [7, 11) is 1.29. The molecule has 34 heavy (non-hydrogen) atoms. The molecule has 0 saturated carbocycles. The number of nitrogens with zero attached hydrogens (tertiary/aromatic N) is 4. The van der Waals surface area contributed by atoms with Crippen molar-refractivity contribution in [1.82, 2.24) is 25.3 Å². The monoisotopic (exact) mass is 456 g/mol. The lowest BCUT2D eigenvalue weighted by Crippen LogP contribution is -2.50. The molecule has 9 heteroatoms. The smallest absolute Gasteiger partial charge is 0.336 e. The molecule has 1 atom stereocenters. The van der Waals surface area contributed by atoms with Gasteiger partial charge in [0.25, 0.3) is 5.91 Å². The van der Waals surface area contributed by atoms with Crippen LogP contribution in [0.1, 0.15) is 28.4 Å². The molecule has 172 valence electrons. The van der Waals surface area contributed by atoms with Crippen molar-refractivity contribution in [2.45, 2.75) is 19.4 Å². The van der Waals surface area contributed by atoms with Gasteiger partial charge in [-0.15, -0.1) is 5.10 Å². The first-order valence-electron chi connectivity index (χ1n) is 10.5. The van der Waals surface area contributed by atoms with Gasteiger partial charge in [0.15, 0.2) is 5.54 Å². The van der Waals surface area contributed by atoms with Gasteiger partial charge < -0.3 is 15.8 Å². The van der Waals surface area contributed by atoms with E-state index in [2.05, 4.69) is 20.6 Å². The number of nitrogens with two attached hydrogens (primary N) is 1. The normalized spacial score (nSPS) is 12.6. The van der Waals surface area contributed by atoms with Crippen molar-refractivity contribution in [3.05, 3.63) is 89.6 Å². The first-order chi connectivity index (χ1) is 16.3. The first kappa shape index (κ1) is 22.7. The number of ether oxygens (including phenoxy) is 1. The highest BCUT2D eigenvalue weighted by atomic mass is 16.5. The number of nitrogens with one attached hydrogen (secondary N) is 1. The van der Waals surface area contributed by atoms with Crippen molar-refractivity contribution >= 4 is 17.7 Å². The SMILES string of the molecule is COC(=O)C(C)(NC(=O)c1ccc(C)cc1-n1cc(-c2cccc(N)n2)nn1)c1ccccc1. The highest BCUT2D eigenvalue weighted by Gasteiger charge is 2.38. The maximum Gasteiger partial charge on any atom is 0.336 e. The number of pyridine rings is 1. The zero-order chi connectivity index (χ0) is 24.3. The van der Waals surface area contributed by atoms with Crippen LogP contribution < -0.4 is 11.1 Å². The van der Waals surface area contributed by atoms with Crippen LogP contribution in [0.25, 0.3) is 17.1 Å². The number of amides is 1. The van der Waals surface area contributed by atoms with Crippen LogP contribution in [0.2, 0.25) is 0 Å². The number of hydrogen-bond acceptors (Lipinski definition) is 7. The number of carbonyl (C=O) groups excluding carboxylic acids is 2. The molecular formula is C25H24N6O3. The van der Waals surface area contributed by atoms with Gasteiger partial charge in [-0.1, -0.05) is 47.7 Å². The highest BCUT2D eigenvalue weighted by molar-refractivity contribution is 6.01. The quantitative estimate of drug-likeness (QED) is 0.427. The molecule has 2 aromatic heterocycles. The van der Waals surface area contributed by atoms with Gasteiger partial charge in [-0.25, -0.2) is 14.5 Å². The molecule has 0 saturated heterocycles. The number of methoxy groups -OCH3 is 1. The lowest BCUT2D eigenvalue weighted by molar-refractivity contribution is -0.148. The molecule has 2 heterocycles. The molecule has 3 N–H and O–H groups in total. The Morgan fingerprint density at radius 2 is 1.79 bits per heavy atom. The van der Waals surface area contributed by atoms with E-state index in [1.54, 1.807) is 61.7 Å². The Labute approximate surface area is 196 Å². The van der Waals surface area contributed by atoms with Gasteiger partial charge in [0.1, 0.15) is 11.5 Å². The number of aryl methyl sites for hydroxylation is 1. The van der Waals surface area contributed by atoms with Crippen molar-refractivity contribution in [2.75, 3.05) is 12.8 Å². The molecule has 0 aliphatic carbocycles. The standard InChI is InChI=1S/C25H24N6O3/c1-16-12-13-18(23(32)28-25(2,24(33)34-3)17-8-5-4-6-9-17)21(14-16)31-15-20(29-30-31)19-10-7-11-22(26)27-19/h4-15H,1-3H3,(H2,26,27)(H,28,32). The predicted octanol–water partition coefficient (Wildman–Crippen LogP) is 3.04. The number of benzene rings is 2. The van der Waals surface area contributed by atoms with Crippen molar-refractivity contribution in [2.24, 2.45) is 0 Å². The van der Waals surface area contributed by atoms with Crippen molar-refractivity contribution in [1.29, 1.82) is 0 Å². The Morgan fingerprint density at radius 1 is 1.03 bits per heavy atom. The number of carbonyl (C=O) groups is 2. The van der Waals surface area contributed by atoms with Gasteiger partial charge in [0.2, 0.25) is 0 Å². The van der Waals surface area contributed by atoms with Crippen LogP contribution in [-0.2, 0) is 15.1 Å². The Morgan fingerprint density at radius 3 is 2.50 bits per heavy atom. The van der Waals surface area contributed by atoms with E-state index in [9.17, 15) is 9.59 Å². The zero-order valence-electron chi connectivity index (χ0n) is 19.0. The fraction of sp³-hybridized carbons (Fsp3) is 0.160. The summed E-state index contributed by atoms with van der Waals surface area (Å²) < 4.78 is 6.50. The maximum atomic E-state index is 13.5. The molecule has 0 spiro atoms. The fourth-order valence-electron chi connectivity index (χ4n) is 3.63. The lowest BCUT2D eigenvalue weighted by Gasteiger charge is -2.28. The van der Waals surface area contributed by atoms with Gasteiger partial charge in [-0.3, -0.25) is 4.79 Å². The van der Waals surface area contributed by atoms with Crippen LogP contribution in [0.5, 0.6) is 0 Å². The van der Waals surface area contributed by atoms with Crippen molar-refractivity contribution in [3.8, 4) is 17.1 Å². The Kier molecular flexibility index (Phi) is 6.09. The summed E-state index contributed by atoms with van der Waals surface area (Å²) in [6, 6.07) is 19.5. The van der Waals surface area contributed by atoms with Gasteiger partial charge in [-0.05, 0) is 49.2 Å². The third kappa shape index (κ3) is 4.36. The van der Waals surface area contributed by atoms with Crippen LogP contribution in [0.3, 0.4) is 0 Å². The summed E-state index contributed by atoms with van der Waals surface area (Å²) >= 11 is 0. The third-order valence-corrected chi connectivity index (χ3v) is 5.48. The number of esters is 1. The predicted molar refractivity (Wildman–Crippen MR) is 127 cm³/mol. The number of aromatic nitrogens is 4. The molecule has 0 fully saturated rings. The van der Waals surface area contributed by atoms with Crippen LogP contribution in [0.4, 0.5) is 5.82 Å². The zero-order valence-corrected chi connectivity index (χ0v) is 19.0. The lowest BCUT2D eigenvalue weighted by atomic mass is 9.91. The molecular weight excluding hydrogens is 432 g/mol. The molecule has 4 rings (SSSR count). The van der Waals surface area contributed by atoms with Crippen molar-refractivity contribution < 1.29 is 14.3 Å². The Balaban J connectivity index is 1.72. The minimum atomic E-state index is -1.39. The summed E-state index contributed by atoms with van der Waals surface area (Å²) in [5.41, 5.74) is 7.79. The Hall–Kier alpha value is -4.53. The van der Waals surface area contributed by atoms with E-state index in [0.29, 0.717) is 34.0 Å². The van der Waals surface area contributed by atoms with Gasteiger partial charge in [0.05, 0.1) is 30.3 Å². The van der Waals surface area contributed by atoms with Gasteiger partial charge >= 0.3 is 5.97 Å². The molecule has 2 aromatic carbocycles. The second kappa shape index (κ2) is 9.14. The van der Waals surface area contributed by atoms with Crippen LogP contribution in [0, 0.1) is 6.92 Å². The number of rotatable bonds is 6. The van der Waals surface area contributed by atoms with E-state index in [0.717, 1.165) is 5.56 Å². The molecule has 0 aliphatic heterocycles. The van der Waals surface area contributed by atoms with E-state index >= 15 is 0 Å². The summed E-state index contributed by atoms with van der Waals surface area (Å²) in [4.78, 5) is 30.5. The van der Waals surface area contributed by atoms with Gasteiger partial charge in [-0.2, -0.15) is 0 Å². The van der Waals surface area contributed by atoms with Crippen LogP contribution in [-0.4, -0.2) is 39.0 Å². The maximum absolute atomic E-state index is 13.5. The second-order valence-corrected chi connectivity index (χ2v) is 7.95. The van der Waals surface area contributed by atoms with Gasteiger partial charge in [0, 0.05) is 0 Å². The summed E-state index contributed by atoms with van der Waals surface area (Å²) in [6.45, 7) is 3.52. The number of anilines is 1. The van der Waals surface area contributed by atoms with Crippen LogP contribution >= 0.6 is 0 Å². The molecule has 0 radical (unpaired) electrons. The molecule has 9 nitrogen and oxygen atoms in total. The number of nitrogen functional groups attached to an aromatic ring is 1. The van der Waals surface area contributed by atoms with E-state index in [1.807, 2.05) is 25.1 Å². The van der Waals surface area contributed by atoms with E-state index < -0.39 is 17.4 Å². The van der Waals surface area contributed by atoms with E-state index in [4.69, 9.17) is 10.5 Å². The van der Waals surface area contributed by atoms with E-state index in [1.165, 1.54) is 11.8 Å². The summed E-state index contributed by atoms with van der Waals surface area (Å²) in [6.07, 6.45) is 1.67. The highest BCUT2D eigenvalue weighted by Crippen LogP contribution is 2.25. The van der Waals surface area contributed by atoms with Crippen LogP contribution in [0.15, 0.2) is 72.9 Å². The van der Waals surface area contributed by atoms with Crippen molar-refractivity contribution in [3.63, 3.8) is 0 Å². The second-order valence-electron chi connectivity index (χ2n) is 7.95. The third-order valence-electron chi connectivity index (χ3n) is 5.48. The molecule has 1 amide bonds. The van der Waals surface area contributed by atoms with E-state index in [-0.39, 0.29) is 0 Å². The molecule has 4 aromatic rings. The largest absolute Gasteiger partial charge is 0.467 e. The number of hydrogen-bond donors (Lipinski definition) is 2. The Bertz CT molecular complexity index is 1350. The average molecular weight is 457 g/mol. The molecule has 0 bridgehead atoms. The molecule has 0 aliphatic rings. The average Bonchev–Trinajstić information content (AvgIpc) is 3.34. The molecule has 1 unspecified atom stereocenters. The fourth-order valence-corrected chi connectivity index (χ4v) is 3.63.